The molecule has 1 heteroatoms. The fourth-order valence-electron chi connectivity index (χ4n) is 11.6. The van der Waals surface area contributed by atoms with Crippen LogP contribution in [-0.2, 0) is 0 Å². The van der Waals surface area contributed by atoms with Crippen LogP contribution in [0.15, 0.2) is 285 Å². The van der Waals surface area contributed by atoms with Gasteiger partial charge in [0.15, 0.2) is 0 Å². The van der Waals surface area contributed by atoms with Crippen molar-refractivity contribution in [1.29, 1.82) is 0 Å². The first kappa shape index (κ1) is 42.3. The number of para-hydroxylation sites is 1. The fraction of sp³-hybridized carbons (Fsp3) is 0. The molecular weight excluding hydrogens is 879 g/mol. The summed E-state index contributed by atoms with van der Waals surface area (Å²) >= 11 is 0. The van der Waals surface area contributed by atoms with Gasteiger partial charge in [0.25, 0.3) is 0 Å². The van der Waals surface area contributed by atoms with E-state index in [2.05, 4.69) is 290 Å². The van der Waals surface area contributed by atoms with E-state index >= 15 is 0 Å². The summed E-state index contributed by atoms with van der Waals surface area (Å²) in [6.07, 6.45) is 0. The summed E-state index contributed by atoms with van der Waals surface area (Å²) in [5.41, 5.74) is 15.5. The minimum absolute atomic E-state index is 1.10. The van der Waals surface area contributed by atoms with Crippen LogP contribution in [0.4, 0.5) is 17.1 Å². The maximum absolute atomic E-state index is 2.49. The standard InChI is InChI=1S/C72H47N/c1-3-17-48(18-4-1)51-35-40-59(41-36-51)73(58-23-5-2-6-24-58)60-42-37-52(38-43-60)69-61-25-11-13-27-63(61)71(64-28-14-12-26-62(64)69)57-39-44-67-68(47-57)72(56-34-32-50-20-8-10-22-54(50)46-56)66-30-16-15-29-65(66)70(67)55-33-31-49-19-7-9-21-53(49)45-55/h1-47H. The third-order valence-corrected chi connectivity index (χ3v) is 15.0. The van der Waals surface area contributed by atoms with Gasteiger partial charge >= 0.3 is 0 Å². The molecular formula is C72H47N. The highest BCUT2D eigenvalue weighted by molar-refractivity contribution is 6.25. The minimum Gasteiger partial charge on any atom is -0.311 e. The van der Waals surface area contributed by atoms with Crippen molar-refractivity contribution in [3.8, 4) is 55.6 Å². The second kappa shape index (κ2) is 17.7. The molecule has 0 fully saturated rings. The first-order valence-electron chi connectivity index (χ1n) is 25.2. The van der Waals surface area contributed by atoms with Crippen molar-refractivity contribution < 1.29 is 0 Å². The molecule has 0 heterocycles. The summed E-state index contributed by atoms with van der Waals surface area (Å²) < 4.78 is 0. The van der Waals surface area contributed by atoms with E-state index in [4.69, 9.17) is 0 Å². The molecule has 0 unspecified atom stereocenters. The van der Waals surface area contributed by atoms with Crippen LogP contribution in [0.1, 0.15) is 0 Å². The predicted molar refractivity (Wildman–Crippen MR) is 313 cm³/mol. The molecule has 0 amide bonds. The summed E-state index contributed by atoms with van der Waals surface area (Å²) in [6.45, 7) is 0. The van der Waals surface area contributed by atoms with Gasteiger partial charge in [-0.3, -0.25) is 0 Å². The molecule has 0 saturated heterocycles. The Morgan fingerprint density at radius 2 is 0.466 bits per heavy atom. The Hall–Kier alpha value is -9.56. The first-order valence-corrected chi connectivity index (χ1v) is 25.2. The lowest BCUT2D eigenvalue weighted by Crippen LogP contribution is -2.09. The van der Waals surface area contributed by atoms with Crippen molar-refractivity contribution in [2.75, 3.05) is 4.90 Å². The van der Waals surface area contributed by atoms with Gasteiger partial charge in [-0.15, -0.1) is 0 Å². The minimum atomic E-state index is 1.10. The van der Waals surface area contributed by atoms with E-state index in [1.165, 1.54) is 120 Å². The van der Waals surface area contributed by atoms with Gasteiger partial charge in [0.2, 0.25) is 0 Å². The highest BCUT2D eigenvalue weighted by Crippen LogP contribution is 2.49. The molecule has 0 saturated carbocycles. The van der Waals surface area contributed by atoms with Crippen LogP contribution in [0.25, 0.3) is 120 Å². The molecule has 0 aliphatic rings. The molecule has 73 heavy (non-hydrogen) atoms. The van der Waals surface area contributed by atoms with E-state index in [1.54, 1.807) is 0 Å². The molecule has 0 aromatic heterocycles. The van der Waals surface area contributed by atoms with Crippen LogP contribution in [-0.4, -0.2) is 0 Å². The largest absolute Gasteiger partial charge is 0.311 e. The Morgan fingerprint density at radius 3 is 0.945 bits per heavy atom. The zero-order valence-corrected chi connectivity index (χ0v) is 40.1. The summed E-state index contributed by atoms with van der Waals surface area (Å²) in [7, 11) is 0. The first-order chi connectivity index (χ1) is 36.2. The highest BCUT2D eigenvalue weighted by Gasteiger charge is 2.22. The summed E-state index contributed by atoms with van der Waals surface area (Å²) in [4.78, 5) is 2.35. The number of nitrogens with zero attached hydrogens (tertiary/aromatic N) is 1. The van der Waals surface area contributed by atoms with E-state index < -0.39 is 0 Å². The Bertz CT molecular complexity index is 4340. The average Bonchev–Trinajstić information content (AvgIpc) is 3.46. The molecule has 340 valence electrons. The molecule has 0 atom stereocenters. The maximum atomic E-state index is 2.49. The van der Waals surface area contributed by atoms with Gasteiger partial charge in [-0.25, -0.2) is 0 Å². The second-order valence-corrected chi connectivity index (χ2v) is 19.2. The molecule has 14 rings (SSSR count). The summed E-state index contributed by atoms with van der Waals surface area (Å²) in [5, 5.41) is 14.8. The number of anilines is 3. The van der Waals surface area contributed by atoms with E-state index in [1.807, 2.05) is 0 Å². The number of hydrogen-bond donors (Lipinski definition) is 0. The zero-order valence-electron chi connectivity index (χ0n) is 40.1. The Kier molecular flexibility index (Phi) is 10.3. The number of rotatable bonds is 8. The van der Waals surface area contributed by atoms with Gasteiger partial charge in [0.1, 0.15) is 0 Å². The summed E-state index contributed by atoms with van der Waals surface area (Å²) in [6, 6.07) is 105. The number of hydrogen-bond acceptors (Lipinski definition) is 1. The number of benzene rings is 14. The highest BCUT2D eigenvalue weighted by atomic mass is 15.1. The van der Waals surface area contributed by atoms with E-state index in [0.29, 0.717) is 0 Å². The van der Waals surface area contributed by atoms with Crippen molar-refractivity contribution in [2.45, 2.75) is 0 Å². The Balaban J connectivity index is 0.961. The SMILES string of the molecule is c1ccc(-c2ccc(N(c3ccccc3)c3ccc(-c4c5ccccc5c(-c5ccc6c(-c7ccc8ccccc8c7)c7ccccc7c(-c7ccc8ccccc8c7)c6c5)c5ccccc45)cc3)cc2)cc1. The zero-order chi connectivity index (χ0) is 48.2. The van der Waals surface area contributed by atoms with Crippen LogP contribution in [0.5, 0.6) is 0 Å². The van der Waals surface area contributed by atoms with Crippen molar-refractivity contribution in [3.63, 3.8) is 0 Å². The van der Waals surface area contributed by atoms with E-state index in [-0.39, 0.29) is 0 Å². The van der Waals surface area contributed by atoms with Gasteiger partial charge in [0, 0.05) is 17.1 Å². The Labute approximate surface area is 425 Å². The molecule has 14 aromatic rings. The monoisotopic (exact) mass is 925 g/mol. The molecule has 14 aromatic carbocycles. The van der Waals surface area contributed by atoms with Crippen LogP contribution in [0.2, 0.25) is 0 Å². The lowest BCUT2D eigenvalue weighted by molar-refractivity contribution is 1.28. The van der Waals surface area contributed by atoms with Crippen LogP contribution < -0.4 is 4.90 Å². The molecule has 0 bridgehead atoms. The Morgan fingerprint density at radius 1 is 0.164 bits per heavy atom. The van der Waals surface area contributed by atoms with Crippen LogP contribution in [0, 0.1) is 0 Å². The molecule has 0 radical (unpaired) electrons. The third kappa shape index (κ3) is 7.33. The van der Waals surface area contributed by atoms with Crippen LogP contribution in [0.3, 0.4) is 0 Å². The molecule has 0 aliphatic heterocycles. The lowest BCUT2D eigenvalue weighted by Gasteiger charge is -2.26. The molecule has 0 spiro atoms. The van der Waals surface area contributed by atoms with E-state index in [0.717, 1.165) is 17.1 Å². The third-order valence-electron chi connectivity index (χ3n) is 15.0. The number of fused-ring (bicyclic) bond motifs is 6. The average molecular weight is 926 g/mol. The van der Waals surface area contributed by atoms with Crippen molar-refractivity contribution in [1.82, 2.24) is 0 Å². The quantitative estimate of drug-likeness (QED) is 0.137. The molecule has 1 nitrogen and oxygen atoms in total. The topological polar surface area (TPSA) is 3.24 Å². The van der Waals surface area contributed by atoms with Crippen molar-refractivity contribution >= 4 is 81.7 Å². The van der Waals surface area contributed by atoms with E-state index in [9.17, 15) is 0 Å². The smallest absolute Gasteiger partial charge is 0.0462 e. The predicted octanol–water partition coefficient (Wildman–Crippen LogP) is 20.4. The fourth-order valence-corrected chi connectivity index (χ4v) is 11.6. The normalized spacial score (nSPS) is 11.6. The van der Waals surface area contributed by atoms with Crippen molar-refractivity contribution in [3.05, 3.63) is 285 Å². The second-order valence-electron chi connectivity index (χ2n) is 19.2. The summed E-state index contributed by atoms with van der Waals surface area (Å²) in [5.74, 6) is 0. The van der Waals surface area contributed by atoms with Gasteiger partial charge in [-0.05, 0) is 175 Å². The van der Waals surface area contributed by atoms with Gasteiger partial charge in [-0.2, -0.15) is 0 Å². The van der Waals surface area contributed by atoms with Gasteiger partial charge in [-0.1, -0.05) is 231 Å². The lowest BCUT2D eigenvalue weighted by atomic mass is 9.82. The van der Waals surface area contributed by atoms with Crippen molar-refractivity contribution in [2.24, 2.45) is 0 Å². The maximum Gasteiger partial charge on any atom is 0.0462 e. The van der Waals surface area contributed by atoms with Crippen LogP contribution >= 0.6 is 0 Å². The molecule has 0 N–H and O–H groups in total. The molecule has 0 aliphatic carbocycles. The van der Waals surface area contributed by atoms with Gasteiger partial charge < -0.3 is 4.90 Å². The van der Waals surface area contributed by atoms with Gasteiger partial charge in [0.05, 0.1) is 0 Å².